The second kappa shape index (κ2) is 6.18. The summed E-state index contributed by atoms with van der Waals surface area (Å²) in [4.78, 5) is 0. The Bertz CT molecular complexity index is 222. The molecule has 0 atom stereocenters. The molecule has 0 bridgehead atoms. The lowest BCUT2D eigenvalue weighted by atomic mass is 10.5. The SMILES string of the molecule is CCCOc1ccc(OCCC)nn1. The van der Waals surface area contributed by atoms with Gasteiger partial charge in [0, 0.05) is 12.1 Å². The standard InChI is InChI=1S/C10H16N2O2/c1-3-7-13-9-5-6-10(12-11-9)14-8-4-2/h5-6H,3-4,7-8H2,1-2H3. The molecule has 4 heteroatoms. The summed E-state index contributed by atoms with van der Waals surface area (Å²) in [6.07, 6.45) is 1.94. The van der Waals surface area contributed by atoms with Gasteiger partial charge in [0.15, 0.2) is 0 Å². The van der Waals surface area contributed by atoms with Gasteiger partial charge in [0.1, 0.15) is 0 Å². The third-order valence-electron chi connectivity index (χ3n) is 1.52. The van der Waals surface area contributed by atoms with Crippen molar-refractivity contribution >= 4 is 0 Å². The topological polar surface area (TPSA) is 44.2 Å². The fourth-order valence-electron chi connectivity index (χ4n) is 0.875. The van der Waals surface area contributed by atoms with Crippen LogP contribution in [0.4, 0.5) is 0 Å². The molecule has 0 aliphatic carbocycles. The van der Waals surface area contributed by atoms with Crippen molar-refractivity contribution in [1.29, 1.82) is 0 Å². The molecule has 0 radical (unpaired) electrons. The van der Waals surface area contributed by atoms with Crippen molar-refractivity contribution in [3.05, 3.63) is 12.1 Å². The monoisotopic (exact) mass is 196 g/mol. The molecular weight excluding hydrogens is 180 g/mol. The average Bonchev–Trinajstić information content (AvgIpc) is 2.25. The first-order chi connectivity index (χ1) is 6.86. The maximum atomic E-state index is 5.29. The first kappa shape index (κ1) is 10.8. The molecule has 0 saturated carbocycles. The van der Waals surface area contributed by atoms with Crippen LogP contribution in [0, 0.1) is 0 Å². The molecule has 1 aromatic rings. The molecule has 0 aromatic carbocycles. The highest BCUT2D eigenvalue weighted by Gasteiger charge is 1.97. The third kappa shape index (κ3) is 3.60. The number of hydrogen-bond acceptors (Lipinski definition) is 4. The van der Waals surface area contributed by atoms with Gasteiger partial charge in [0.2, 0.25) is 11.8 Å². The number of aromatic nitrogens is 2. The van der Waals surface area contributed by atoms with Crippen LogP contribution < -0.4 is 9.47 Å². The van der Waals surface area contributed by atoms with Crippen molar-refractivity contribution in [1.82, 2.24) is 10.2 Å². The Hall–Kier alpha value is -1.32. The van der Waals surface area contributed by atoms with Crippen LogP contribution in [0.5, 0.6) is 11.8 Å². The van der Waals surface area contributed by atoms with Crippen molar-refractivity contribution in [3.8, 4) is 11.8 Å². The van der Waals surface area contributed by atoms with E-state index in [-0.39, 0.29) is 0 Å². The predicted molar refractivity (Wildman–Crippen MR) is 53.6 cm³/mol. The van der Waals surface area contributed by atoms with Gasteiger partial charge in [-0.2, -0.15) is 0 Å². The van der Waals surface area contributed by atoms with Gasteiger partial charge < -0.3 is 9.47 Å². The summed E-state index contributed by atoms with van der Waals surface area (Å²) in [6.45, 7) is 5.44. The van der Waals surface area contributed by atoms with E-state index in [0.717, 1.165) is 12.8 Å². The van der Waals surface area contributed by atoms with Gasteiger partial charge in [-0.3, -0.25) is 0 Å². The molecular formula is C10H16N2O2. The second-order valence-electron chi connectivity index (χ2n) is 2.91. The molecule has 0 aliphatic rings. The molecule has 0 saturated heterocycles. The molecule has 0 spiro atoms. The van der Waals surface area contributed by atoms with Crippen LogP contribution in [-0.4, -0.2) is 23.4 Å². The van der Waals surface area contributed by atoms with Gasteiger partial charge in [-0.05, 0) is 12.8 Å². The Morgan fingerprint density at radius 2 is 1.36 bits per heavy atom. The number of ether oxygens (including phenoxy) is 2. The molecule has 4 nitrogen and oxygen atoms in total. The predicted octanol–water partition coefficient (Wildman–Crippen LogP) is 2.05. The summed E-state index contributed by atoms with van der Waals surface area (Å²) < 4.78 is 10.6. The van der Waals surface area contributed by atoms with Crippen LogP contribution >= 0.6 is 0 Å². The van der Waals surface area contributed by atoms with E-state index in [9.17, 15) is 0 Å². The number of nitrogens with zero attached hydrogens (tertiary/aromatic N) is 2. The molecule has 0 fully saturated rings. The maximum absolute atomic E-state index is 5.29. The normalized spacial score (nSPS) is 9.86. The Kier molecular flexibility index (Phi) is 4.75. The van der Waals surface area contributed by atoms with E-state index in [1.165, 1.54) is 0 Å². The van der Waals surface area contributed by atoms with Gasteiger partial charge in [-0.25, -0.2) is 0 Å². The lowest BCUT2D eigenvalue weighted by Crippen LogP contribution is -2.01. The summed E-state index contributed by atoms with van der Waals surface area (Å²) in [5.74, 6) is 1.10. The Morgan fingerprint density at radius 3 is 1.64 bits per heavy atom. The van der Waals surface area contributed by atoms with E-state index in [1.54, 1.807) is 12.1 Å². The van der Waals surface area contributed by atoms with Gasteiger partial charge in [0.05, 0.1) is 13.2 Å². The van der Waals surface area contributed by atoms with Gasteiger partial charge in [-0.1, -0.05) is 13.8 Å². The Balaban J connectivity index is 2.42. The molecule has 78 valence electrons. The highest BCUT2D eigenvalue weighted by Crippen LogP contribution is 2.10. The lowest BCUT2D eigenvalue weighted by Gasteiger charge is -2.04. The summed E-state index contributed by atoms with van der Waals surface area (Å²) in [7, 11) is 0. The maximum Gasteiger partial charge on any atom is 0.233 e. The fourth-order valence-corrected chi connectivity index (χ4v) is 0.875. The third-order valence-corrected chi connectivity index (χ3v) is 1.52. The van der Waals surface area contributed by atoms with Crippen LogP contribution in [-0.2, 0) is 0 Å². The molecule has 14 heavy (non-hydrogen) atoms. The van der Waals surface area contributed by atoms with E-state index < -0.39 is 0 Å². The van der Waals surface area contributed by atoms with Crippen molar-refractivity contribution < 1.29 is 9.47 Å². The molecule has 0 N–H and O–H groups in total. The summed E-state index contributed by atoms with van der Waals surface area (Å²) in [5.41, 5.74) is 0. The van der Waals surface area contributed by atoms with Crippen LogP contribution in [0.15, 0.2) is 12.1 Å². The van der Waals surface area contributed by atoms with Gasteiger partial charge >= 0.3 is 0 Å². The van der Waals surface area contributed by atoms with Crippen LogP contribution in [0.3, 0.4) is 0 Å². The first-order valence-electron chi connectivity index (χ1n) is 4.96. The zero-order valence-corrected chi connectivity index (χ0v) is 8.69. The molecule has 0 unspecified atom stereocenters. The van der Waals surface area contributed by atoms with E-state index in [0.29, 0.717) is 25.0 Å². The zero-order valence-electron chi connectivity index (χ0n) is 8.69. The summed E-state index contributed by atoms with van der Waals surface area (Å²) in [6, 6.07) is 3.54. The molecule has 1 heterocycles. The highest BCUT2D eigenvalue weighted by atomic mass is 16.5. The quantitative estimate of drug-likeness (QED) is 0.698. The molecule has 1 rings (SSSR count). The van der Waals surface area contributed by atoms with Crippen molar-refractivity contribution in [2.75, 3.05) is 13.2 Å². The Morgan fingerprint density at radius 1 is 0.929 bits per heavy atom. The van der Waals surface area contributed by atoms with Crippen LogP contribution in [0.1, 0.15) is 26.7 Å². The van der Waals surface area contributed by atoms with Gasteiger partial charge in [0.25, 0.3) is 0 Å². The van der Waals surface area contributed by atoms with Crippen molar-refractivity contribution in [3.63, 3.8) is 0 Å². The largest absolute Gasteiger partial charge is 0.477 e. The fraction of sp³-hybridized carbons (Fsp3) is 0.600. The van der Waals surface area contributed by atoms with E-state index >= 15 is 0 Å². The minimum absolute atomic E-state index is 0.552. The van der Waals surface area contributed by atoms with Crippen LogP contribution in [0.25, 0.3) is 0 Å². The molecule has 0 amide bonds. The lowest BCUT2D eigenvalue weighted by molar-refractivity contribution is 0.283. The van der Waals surface area contributed by atoms with E-state index in [4.69, 9.17) is 9.47 Å². The van der Waals surface area contributed by atoms with Crippen molar-refractivity contribution in [2.45, 2.75) is 26.7 Å². The average molecular weight is 196 g/mol. The van der Waals surface area contributed by atoms with Crippen LogP contribution in [0.2, 0.25) is 0 Å². The molecule has 1 aromatic heterocycles. The molecule has 0 aliphatic heterocycles. The number of hydrogen-bond donors (Lipinski definition) is 0. The first-order valence-corrected chi connectivity index (χ1v) is 4.96. The van der Waals surface area contributed by atoms with Crippen molar-refractivity contribution in [2.24, 2.45) is 0 Å². The van der Waals surface area contributed by atoms with E-state index in [2.05, 4.69) is 10.2 Å². The number of rotatable bonds is 6. The highest BCUT2D eigenvalue weighted by molar-refractivity contribution is 5.15. The second-order valence-corrected chi connectivity index (χ2v) is 2.91. The van der Waals surface area contributed by atoms with E-state index in [1.807, 2.05) is 13.8 Å². The zero-order chi connectivity index (χ0) is 10.2. The minimum atomic E-state index is 0.552. The van der Waals surface area contributed by atoms with Gasteiger partial charge in [-0.15, -0.1) is 10.2 Å². The smallest absolute Gasteiger partial charge is 0.233 e. The summed E-state index contributed by atoms with van der Waals surface area (Å²) >= 11 is 0. The summed E-state index contributed by atoms with van der Waals surface area (Å²) in [5, 5.41) is 7.74. The Labute approximate surface area is 84.3 Å². The minimum Gasteiger partial charge on any atom is -0.477 e.